The molecule has 1 aromatic heterocycles. The van der Waals surface area contributed by atoms with Crippen molar-refractivity contribution in [2.75, 3.05) is 24.0 Å². The summed E-state index contributed by atoms with van der Waals surface area (Å²) in [6.07, 6.45) is 0. The van der Waals surface area contributed by atoms with Gasteiger partial charge < -0.3 is 15.9 Å². The average molecular weight is 416 g/mol. The number of nitrogens with zero attached hydrogens (tertiary/aromatic N) is 3. The van der Waals surface area contributed by atoms with Gasteiger partial charge in [0.1, 0.15) is 11.6 Å². The zero-order valence-corrected chi connectivity index (χ0v) is 16.1. The number of imide groups is 1. The topological polar surface area (TPSA) is 124 Å². The fourth-order valence-corrected chi connectivity index (χ4v) is 2.98. The minimum absolute atomic E-state index is 0.0312. The smallest absolute Gasteiger partial charge is 0.325 e. The third-order valence-electron chi connectivity index (χ3n) is 3.72. The Kier molecular flexibility index (Phi) is 6.29. The van der Waals surface area contributed by atoms with Crippen LogP contribution in [0.1, 0.15) is 0 Å². The van der Waals surface area contributed by atoms with Crippen molar-refractivity contribution in [3.05, 3.63) is 54.3 Å². The number of ether oxygens (including phenoxy) is 1. The van der Waals surface area contributed by atoms with E-state index in [2.05, 4.69) is 20.8 Å². The van der Waals surface area contributed by atoms with E-state index in [4.69, 9.17) is 10.6 Å². The minimum atomic E-state index is -0.839. The SMILES string of the molecule is COc1ccc(-c2nnc(SCC(=O)NC(=O)Nc3ccccc3F)n2N)cc1. The van der Waals surface area contributed by atoms with Gasteiger partial charge in [-0.1, -0.05) is 23.9 Å². The Bertz CT molecular complexity index is 1020. The Morgan fingerprint density at radius 1 is 1.17 bits per heavy atom. The van der Waals surface area contributed by atoms with E-state index >= 15 is 0 Å². The van der Waals surface area contributed by atoms with Crippen LogP contribution in [0.5, 0.6) is 5.75 Å². The first-order valence-electron chi connectivity index (χ1n) is 8.31. The van der Waals surface area contributed by atoms with Crippen LogP contribution in [0.15, 0.2) is 53.7 Å². The van der Waals surface area contributed by atoms with E-state index in [1.807, 2.05) is 0 Å². The normalized spacial score (nSPS) is 10.4. The number of para-hydroxylation sites is 1. The van der Waals surface area contributed by atoms with Crippen molar-refractivity contribution in [2.45, 2.75) is 5.16 Å². The van der Waals surface area contributed by atoms with E-state index in [1.165, 1.54) is 22.9 Å². The van der Waals surface area contributed by atoms with Crippen LogP contribution in [0.2, 0.25) is 0 Å². The van der Waals surface area contributed by atoms with Gasteiger partial charge >= 0.3 is 6.03 Å². The third kappa shape index (κ3) is 5.02. The number of rotatable bonds is 6. The molecule has 0 unspecified atom stereocenters. The largest absolute Gasteiger partial charge is 0.497 e. The summed E-state index contributed by atoms with van der Waals surface area (Å²) in [7, 11) is 1.57. The van der Waals surface area contributed by atoms with Crippen LogP contribution < -0.4 is 21.2 Å². The number of nitrogen functional groups attached to an aromatic ring is 1. The quantitative estimate of drug-likeness (QED) is 0.416. The first-order valence-corrected chi connectivity index (χ1v) is 9.29. The van der Waals surface area contributed by atoms with Gasteiger partial charge in [0.05, 0.1) is 18.6 Å². The number of hydrogen-bond acceptors (Lipinski definition) is 7. The predicted octanol–water partition coefficient (Wildman–Crippen LogP) is 2.25. The van der Waals surface area contributed by atoms with Crippen LogP contribution in [0.25, 0.3) is 11.4 Å². The fourth-order valence-electron chi connectivity index (χ4n) is 2.32. The zero-order chi connectivity index (χ0) is 20.8. The second-order valence-corrected chi connectivity index (χ2v) is 6.62. The highest BCUT2D eigenvalue weighted by Crippen LogP contribution is 2.23. The molecular weight excluding hydrogens is 399 g/mol. The maximum absolute atomic E-state index is 13.5. The first-order chi connectivity index (χ1) is 14.0. The van der Waals surface area contributed by atoms with Crippen molar-refractivity contribution in [1.82, 2.24) is 20.2 Å². The number of urea groups is 1. The highest BCUT2D eigenvalue weighted by molar-refractivity contribution is 7.99. The molecule has 2 aromatic carbocycles. The summed E-state index contributed by atoms with van der Waals surface area (Å²) < 4.78 is 19.9. The van der Waals surface area contributed by atoms with Gasteiger partial charge in [0.25, 0.3) is 0 Å². The van der Waals surface area contributed by atoms with Gasteiger partial charge in [0, 0.05) is 5.56 Å². The summed E-state index contributed by atoms with van der Waals surface area (Å²) >= 11 is 1.00. The number of anilines is 1. The van der Waals surface area contributed by atoms with Gasteiger partial charge in [-0.05, 0) is 36.4 Å². The number of nitrogens with two attached hydrogens (primary N) is 1. The molecule has 1 heterocycles. The van der Waals surface area contributed by atoms with Crippen molar-refractivity contribution < 1.29 is 18.7 Å². The van der Waals surface area contributed by atoms with Crippen LogP contribution in [0.4, 0.5) is 14.9 Å². The Hall–Kier alpha value is -3.60. The zero-order valence-electron chi connectivity index (χ0n) is 15.3. The van der Waals surface area contributed by atoms with Crippen molar-refractivity contribution >= 4 is 29.4 Å². The molecule has 0 atom stereocenters. The number of halogens is 1. The fraction of sp³-hybridized carbons (Fsp3) is 0.111. The molecule has 0 saturated heterocycles. The molecule has 3 rings (SSSR count). The van der Waals surface area contributed by atoms with Gasteiger partial charge in [-0.3, -0.25) is 10.1 Å². The molecule has 0 spiro atoms. The minimum Gasteiger partial charge on any atom is -0.497 e. The lowest BCUT2D eigenvalue weighted by molar-refractivity contribution is -0.117. The number of carbonyl (C=O) groups is 2. The van der Waals surface area contributed by atoms with Gasteiger partial charge in [0.15, 0.2) is 5.82 Å². The van der Waals surface area contributed by atoms with Gasteiger partial charge in [0.2, 0.25) is 11.1 Å². The summed E-state index contributed by atoms with van der Waals surface area (Å²) in [5.74, 6) is 5.76. The number of aromatic nitrogens is 3. The Balaban J connectivity index is 1.55. The number of benzene rings is 2. The first kappa shape index (κ1) is 20.1. The molecule has 0 fully saturated rings. The molecule has 0 aliphatic carbocycles. The highest BCUT2D eigenvalue weighted by Gasteiger charge is 2.15. The van der Waals surface area contributed by atoms with Crippen LogP contribution >= 0.6 is 11.8 Å². The molecule has 4 N–H and O–H groups in total. The van der Waals surface area contributed by atoms with E-state index < -0.39 is 17.8 Å². The van der Waals surface area contributed by atoms with E-state index in [1.54, 1.807) is 37.4 Å². The molecule has 3 amide bonds. The van der Waals surface area contributed by atoms with E-state index in [0.717, 1.165) is 17.3 Å². The van der Waals surface area contributed by atoms with Crippen LogP contribution in [-0.4, -0.2) is 39.7 Å². The number of nitrogens with one attached hydrogen (secondary N) is 2. The Morgan fingerprint density at radius 2 is 1.90 bits per heavy atom. The standard InChI is InChI=1S/C18H17FN6O3S/c1-28-12-8-6-11(7-9-12)16-23-24-18(25(16)20)29-10-15(26)22-17(27)21-14-5-3-2-4-13(14)19/h2-9H,10,20H2,1H3,(H2,21,22,26,27). The summed E-state index contributed by atoms with van der Waals surface area (Å²) in [6.45, 7) is 0. The van der Waals surface area contributed by atoms with E-state index in [0.29, 0.717) is 16.7 Å². The van der Waals surface area contributed by atoms with E-state index in [-0.39, 0.29) is 11.4 Å². The second-order valence-electron chi connectivity index (χ2n) is 5.68. The number of amides is 3. The Morgan fingerprint density at radius 3 is 2.59 bits per heavy atom. The van der Waals surface area contributed by atoms with Crippen molar-refractivity contribution in [1.29, 1.82) is 0 Å². The summed E-state index contributed by atoms with van der Waals surface area (Å²) in [5, 5.41) is 12.6. The maximum atomic E-state index is 13.5. The van der Waals surface area contributed by atoms with Crippen molar-refractivity contribution in [3.8, 4) is 17.1 Å². The molecule has 9 nitrogen and oxygen atoms in total. The lowest BCUT2D eigenvalue weighted by Crippen LogP contribution is -2.35. The Labute approximate surface area is 169 Å². The predicted molar refractivity (Wildman–Crippen MR) is 106 cm³/mol. The molecule has 0 saturated carbocycles. The summed E-state index contributed by atoms with van der Waals surface area (Å²) in [6, 6.07) is 11.9. The highest BCUT2D eigenvalue weighted by atomic mass is 32.2. The van der Waals surface area contributed by atoms with Crippen LogP contribution in [0.3, 0.4) is 0 Å². The molecule has 0 aliphatic rings. The lowest BCUT2D eigenvalue weighted by Gasteiger charge is -2.07. The third-order valence-corrected chi connectivity index (χ3v) is 4.66. The van der Waals surface area contributed by atoms with Gasteiger partial charge in [-0.2, -0.15) is 0 Å². The molecule has 11 heteroatoms. The number of carbonyl (C=O) groups excluding carboxylic acids is 2. The van der Waals surface area contributed by atoms with Crippen molar-refractivity contribution in [2.24, 2.45) is 0 Å². The average Bonchev–Trinajstić information content (AvgIpc) is 3.08. The summed E-state index contributed by atoms with van der Waals surface area (Å²) in [4.78, 5) is 23.8. The van der Waals surface area contributed by atoms with E-state index in [9.17, 15) is 14.0 Å². The van der Waals surface area contributed by atoms with Gasteiger partial charge in [-0.25, -0.2) is 13.9 Å². The molecular formula is C18H17FN6O3S. The molecule has 0 bridgehead atoms. The van der Waals surface area contributed by atoms with Crippen LogP contribution in [-0.2, 0) is 4.79 Å². The van der Waals surface area contributed by atoms with Gasteiger partial charge in [-0.15, -0.1) is 10.2 Å². The second kappa shape index (κ2) is 9.06. The molecule has 3 aromatic rings. The van der Waals surface area contributed by atoms with Crippen molar-refractivity contribution in [3.63, 3.8) is 0 Å². The molecule has 150 valence electrons. The molecule has 29 heavy (non-hydrogen) atoms. The molecule has 0 aliphatic heterocycles. The lowest BCUT2D eigenvalue weighted by atomic mass is 10.2. The monoisotopic (exact) mass is 416 g/mol. The number of thioether (sulfide) groups is 1. The van der Waals surface area contributed by atoms with Crippen LogP contribution in [0, 0.1) is 5.82 Å². The molecule has 0 radical (unpaired) electrons. The maximum Gasteiger partial charge on any atom is 0.325 e. The number of methoxy groups -OCH3 is 1. The number of hydrogen-bond donors (Lipinski definition) is 3. The summed E-state index contributed by atoms with van der Waals surface area (Å²) in [5.41, 5.74) is 0.692.